The van der Waals surface area contributed by atoms with Crippen LogP contribution in [-0.2, 0) is 38.0 Å². The Hall–Kier alpha value is -3.13. The van der Waals surface area contributed by atoms with Gasteiger partial charge in [-0.25, -0.2) is 4.79 Å². The van der Waals surface area contributed by atoms with Gasteiger partial charge in [-0.3, -0.25) is 9.69 Å². The molecule has 5 N–H and O–H groups in total. The number of aliphatic hydroxyl groups is 4. The van der Waals surface area contributed by atoms with Gasteiger partial charge in [-0.1, -0.05) is 81.8 Å². The van der Waals surface area contributed by atoms with E-state index in [4.69, 9.17) is 33.2 Å². The second kappa shape index (κ2) is 30.3. The normalized spacial score (nSPS) is 35.9. The topological polar surface area (TPSA) is 198 Å². The van der Waals surface area contributed by atoms with Gasteiger partial charge in [0.05, 0.1) is 47.7 Å². The van der Waals surface area contributed by atoms with E-state index in [1.54, 1.807) is 41.5 Å². The fourth-order valence-electron chi connectivity index (χ4n) is 13.0. The standard InChI is InChI=1S/C63H98N3O13P.BrH/c1-15-51-63(10,72)57(79-60(70)64-35-27-16-17-28-36-80(47-29-21-18-22-30-47,48-31-23-19-24-32-48)49-33-25-20-26-34-49)45(6)66(13)40-41(2)38-61(8,71)56(78-59-53(67)50(65(11)12)37-42(3)74-59)43(4)54(44(5)58(69)76-51)77-52-39-62(9,73-14)55(68)46(7)75-52;/h18-26,29-34,41-46,50-57,59,67-68,71-72H,15-17,27-28,35-40H2,1-14H3;1H/t41-,42-,43+,44-,45-,46+,50+,51-,52+,53-,54+,55+,56-,57-,59+,61-,62-,63-;/m1./s1. The fraction of sp³-hybridized carbons (Fsp3) is 0.683. The van der Waals surface area contributed by atoms with Gasteiger partial charge in [0.2, 0.25) is 0 Å². The molecule has 3 aromatic rings. The SMILES string of the molecule is CC[C@H]1OC(=O)[C@H](C)[C@@H](O[C@H]2C[C@@](C)(OC)[C@@H](O)[C@H](C)O2)[C@H](C)[C@@H](O[C@@H]2O[C@H](C)C[C@H](N(C)C)[C@H]2O)[C@](C)(O)C[C@@H](C)CN(C)[C@H](C)[C@@H](OC(=O)NCCCCCC[P+](c2ccccc2)(c2ccccc2)c2ccccc2)[C@]1(C)O.[Br-]. The molecule has 0 bridgehead atoms. The highest BCUT2D eigenvalue weighted by molar-refractivity contribution is 7.95. The van der Waals surface area contributed by atoms with Crippen LogP contribution in [0, 0.1) is 17.8 Å². The molecule has 1 amide bonds. The van der Waals surface area contributed by atoms with Crippen molar-refractivity contribution in [2.24, 2.45) is 17.8 Å². The van der Waals surface area contributed by atoms with E-state index in [2.05, 4.69) is 96.3 Å². The van der Waals surface area contributed by atoms with Crippen LogP contribution in [0.5, 0.6) is 0 Å². The number of aliphatic hydroxyl groups excluding tert-OH is 2. The zero-order valence-corrected chi connectivity index (χ0v) is 53.3. The molecule has 3 aliphatic heterocycles. The Morgan fingerprint density at radius 3 is 1.89 bits per heavy atom. The predicted molar refractivity (Wildman–Crippen MR) is 315 cm³/mol. The minimum Gasteiger partial charge on any atom is -1.00 e. The molecule has 0 aromatic heterocycles. The quantitative estimate of drug-likeness (QED) is 0.0690. The maximum atomic E-state index is 14.9. The van der Waals surface area contributed by atoms with Crippen LogP contribution in [-0.4, -0.2) is 180 Å². The molecule has 0 unspecified atom stereocenters. The first-order chi connectivity index (χ1) is 37.8. The summed E-state index contributed by atoms with van der Waals surface area (Å²) in [4.78, 5) is 32.8. The molecule has 3 fully saturated rings. The van der Waals surface area contributed by atoms with E-state index in [1.807, 2.05) is 58.6 Å². The number of cyclic esters (lactones) is 1. The zero-order chi connectivity index (χ0) is 58.7. The van der Waals surface area contributed by atoms with Gasteiger partial charge in [0, 0.05) is 44.6 Å². The first-order valence-corrected chi connectivity index (χ1v) is 31.3. The number of nitrogens with zero attached hydrogens (tertiary/aromatic N) is 2. The number of amides is 1. The van der Waals surface area contributed by atoms with Crippen molar-refractivity contribution < 1.29 is 80.2 Å². The van der Waals surface area contributed by atoms with Crippen molar-refractivity contribution in [3.05, 3.63) is 91.0 Å². The van der Waals surface area contributed by atoms with Gasteiger partial charge in [0.1, 0.15) is 47.1 Å². The summed E-state index contributed by atoms with van der Waals surface area (Å²) in [6.45, 7) is 18.6. The smallest absolute Gasteiger partial charge is 0.407 e. The largest absolute Gasteiger partial charge is 1.00 e. The molecule has 18 atom stereocenters. The summed E-state index contributed by atoms with van der Waals surface area (Å²) in [5.41, 5.74) is -4.61. The van der Waals surface area contributed by atoms with Crippen LogP contribution in [0.15, 0.2) is 91.0 Å². The van der Waals surface area contributed by atoms with Gasteiger partial charge in [0.15, 0.2) is 18.7 Å². The number of unbranched alkanes of at least 4 members (excludes halogenated alkanes) is 3. The third-order valence-electron chi connectivity index (χ3n) is 17.7. The molecule has 0 saturated carbocycles. The Kier molecular flexibility index (Phi) is 25.7. The molecular weight excluding hydrogens is 1120 g/mol. The molecule has 81 heavy (non-hydrogen) atoms. The number of methoxy groups -OCH3 is 1. The first-order valence-electron chi connectivity index (χ1n) is 29.4. The molecule has 456 valence electrons. The summed E-state index contributed by atoms with van der Waals surface area (Å²) < 4.78 is 44.8. The molecular formula is C63H99BrN3O13P. The van der Waals surface area contributed by atoms with E-state index in [9.17, 15) is 30.0 Å². The van der Waals surface area contributed by atoms with Crippen LogP contribution in [0.3, 0.4) is 0 Å². The van der Waals surface area contributed by atoms with E-state index in [0.29, 0.717) is 25.9 Å². The number of alkyl carbamates (subject to hydrolysis) is 1. The van der Waals surface area contributed by atoms with E-state index >= 15 is 0 Å². The van der Waals surface area contributed by atoms with Gasteiger partial charge >= 0.3 is 12.1 Å². The van der Waals surface area contributed by atoms with Crippen molar-refractivity contribution in [2.75, 3.05) is 47.5 Å². The third-order valence-corrected chi connectivity index (χ3v) is 22.2. The van der Waals surface area contributed by atoms with Crippen molar-refractivity contribution in [3.63, 3.8) is 0 Å². The summed E-state index contributed by atoms with van der Waals surface area (Å²) in [7, 11) is 5.21. The summed E-state index contributed by atoms with van der Waals surface area (Å²) in [6, 6.07) is 31.7. The van der Waals surface area contributed by atoms with E-state index in [-0.39, 0.29) is 54.3 Å². The number of nitrogens with one attached hydrogen (secondary N) is 1. The second-order valence-electron chi connectivity index (χ2n) is 24.4. The lowest BCUT2D eigenvalue weighted by Crippen LogP contribution is -3.00. The molecule has 0 spiro atoms. The summed E-state index contributed by atoms with van der Waals surface area (Å²) in [6.07, 6.45) is -4.90. The molecule has 0 radical (unpaired) electrons. The Balaban J connectivity index is 0.0000120. The minimum atomic E-state index is -1.96. The molecule has 3 aliphatic rings. The Bertz CT molecular complexity index is 2260. The summed E-state index contributed by atoms with van der Waals surface area (Å²) >= 11 is 0. The number of hydrogen-bond acceptors (Lipinski definition) is 15. The highest BCUT2D eigenvalue weighted by atomic mass is 79.9. The number of rotatable bonds is 18. The van der Waals surface area contributed by atoms with Crippen LogP contribution in [0.4, 0.5) is 4.79 Å². The molecule has 3 aromatic carbocycles. The van der Waals surface area contributed by atoms with E-state index in [0.717, 1.165) is 25.4 Å². The molecule has 18 heteroatoms. The van der Waals surface area contributed by atoms with Crippen molar-refractivity contribution in [2.45, 2.75) is 211 Å². The number of likely N-dealkylation sites (N-methyl/N-ethyl adjacent to an activating group) is 2. The lowest BCUT2D eigenvalue weighted by Gasteiger charge is -2.48. The van der Waals surface area contributed by atoms with Crippen LogP contribution >= 0.6 is 7.26 Å². The number of ether oxygens (including phenoxy) is 7. The summed E-state index contributed by atoms with van der Waals surface area (Å²) in [5.74, 6) is -2.83. The number of esters is 1. The second-order valence-corrected chi connectivity index (χ2v) is 28.0. The number of halogens is 1. The highest BCUT2D eigenvalue weighted by Crippen LogP contribution is 2.56. The number of benzene rings is 3. The third kappa shape index (κ3) is 16.7. The van der Waals surface area contributed by atoms with Gasteiger partial charge in [-0.05, 0) is 150 Å². The molecule has 16 nitrogen and oxygen atoms in total. The Labute approximate surface area is 495 Å². The number of carbonyl (C=O) groups is 2. The highest BCUT2D eigenvalue weighted by Gasteiger charge is 2.54. The average Bonchev–Trinajstić information content (AvgIpc) is 3.43. The van der Waals surface area contributed by atoms with E-state index in [1.165, 1.54) is 23.0 Å². The average molecular weight is 1220 g/mol. The summed E-state index contributed by atoms with van der Waals surface area (Å²) in [5, 5.41) is 55.7. The fourth-order valence-corrected chi connectivity index (χ4v) is 17.4. The number of hydrogen-bond donors (Lipinski definition) is 5. The molecule has 3 heterocycles. The van der Waals surface area contributed by atoms with Crippen molar-refractivity contribution in [1.29, 1.82) is 0 Å². The maximum absolute atomic E-state index is 14.9. The Morgan fingerprint density at radius 1 is 0.802 bits per heavy atom. The van der Waals surface area contributed by atoms with E-state index < -0.39 is 109 Å². The molecule has 3 saturated heterocycles. The Morgan fingerprint density at radius 2 is 1.36 bits per heavy atom. The first kappa shape index (κ1) is 68.6. The lowest BCUT2D eigenvalue weighted by molar-refractivity contribution is -0.318. The van der Waals surface area contributed by atoms with Gasteiger partial charge < -0.3 is 80.8 Å². The molecule has 0 aliphatic carbocycles. The van der Waals surface area contributed by atoms with Gasteiger partial charge in [-0.2, -0.15) is 0 Å². The number of carbonyl (C=O) groups excluding carboxylic acids is 2. The van der Waals surface area contributed by atoms with Crippen LogP contribution < -0.4 is 38.2 Å². The van der Waals surface area contributed by atoms with Crippen LogP contribution in [0.2, 0.25) is 0 Å². The lowest BCUT2D eigenvalue weighted by atomic mass is 9.77. The van der Waals surface area contributed by atoms with Crippen LogP contribution in [0.25, 0.3) is 0 Å². The van der Waals surface area contributed by atoms with Crippen molar-refractivity contribution in [3.8, 4) is 0 Å². The van der Waals surface area contributed by atoms with Gasteiger partial charge in [0.25, 0.3) is 0 Å². The van der Waals surface area contributed by atoms with Crippen LogP contribution in [0.1, 0.15) is 121 Å². The maximum Gasteiger partial charge on any atom is 0.407 e. The predicted octanol–water partition coefficient (Wildman–Crippen LogP) is 4.19. The van der Waals surface area contributed by atoms with Crippen molar-refractivity contribution in [1.82, 2.24) is 15.1 Å². The molecule has 6 rings (SSSR count). The minimum absolute atomic E-state index is 0. The van der Waals surface area contributed by atoms with Gasteiger partial charge in [-0.15, -0.1) is 0 Å². The zero-order valence-electron chi connectivity index (χ0n) is 50.8. The monoisotopic (exact) mass is 1220 g/mol. The van der Waals surface area contributed by atoms with Crippen molar-refractivity contribution >= 4 is 35.2 Å².